The Bertz CT molecular complexity index is 7880. The number of benzene rings is 6. The molecule has 140 heavy (non-hydrogen) atoms. The number of ether oxygens (including phenoxy) is 12. The van der Waals surface area contributed by atoms with Crippen LogP contribution < -0.4 is 56.8 Å². The first kappa shape index (κ1) is 53.7. The molecule has 24 heteroatoms. The zero-order chi connectivity index (χ0) is 155. The number of hydrogen-bond acceptors (Lipinski definition) is 24. The van der Waals surface area contributed by atoms with E-state index in [9.17, 15) is 32.0 Å². The lowest BCUT2D eigenvalue weighted by Crippen LogP contribution is -2.48. The van der Waals surface area contributed by atoms with Gasteiger partial charge >= 0.3 is 0 Å². The van der Waals surface area contributed by atoms with Crippen molar-refractivity contribution >= 4 is 0 Å². The van der Waals surface area contributed by atoms with E-state index in [1.165, 1.54) is 50.4 Å². The van der Waals surface area contributed by atoms with E-state index in [4.69, 9.17) is 140 Å². The van der Waals surface area contributed by atoms with E-state index in [0.29, 0.717) is 134 Å². The molecule has 0 saturated carbocycles. The molecule has 0 aliphatic carbocycles. The smallest absolute Gasteiger partial charge is 0.161 e. The van der Waals surface area contributed by atoms with Crippen LogP contribution >= 0.6 is 0 Å². The van der Waals surface area contributed by atoms with Crippen molar-refractivity contribution in [3.8, 4) is 69.0 Å². The molecule has 0 bridgehead atoms. The molecular weight excluding hydrogens is 1770 g/mol. The first-order valence-electron chi connectivity index (χ1n) is 77.9. The molecule has 0 aromatic heterocycles. The largest absolute Gasteiger partial charge is 0.493 e. The minimum Gasteiger partial charge on any atom is -0.493 e. The Kier molecular flexibility index (Phi) is 18.7. The Morgan fingerprint density at radius 3 is 0.871 bits per heavy atom. The maximum absolute atomic E-state index is 11.5. The predicted molar refractivity (Wildman–Crippen MR) is 556 cm³/mol. The van der Waals surface area contributed by atoms with Crippen LogP contribution in [0, 0.1) is 70.0 Å². The van der Waals surface area contributed by atoms with E-state index in [2.05, 4.69) is 0 Å². The van der Waals surface area contributed by atoms with Crippen molar-refractivity contribution in [2.24, 2.45) is 70.0 Å². The number of hydrogen-bond donors (Lipinski definition) is 6. The SMILES string of the molecule is [2H]C([2H])([2H])Oc1cc2c(cc1OC([2H])([2H])[2H])C([2H])([2H])C([2H])([2H])N1CC([2H])(C([2H])([2H])C(C)(C([2H])([2H])[2H])C([2H])([2H])[2H])C([2H])(O)C([2H])([2H])C21.[2H]C([2H])([2H])Oc1cc2c(cc1OC([2H])([2H])[2H])C([2H])([2H])C([2H])([2H])N1CC([2H])(CC(C)C)C([2H])(O)C([2H])([2H])C21.[2H]C([2H])([2H])Oc1cc2c(cc1OC)C1([2H])CC(O)C(CC(C)C)C([2H])([2H])N1CC2.[2H]C([2H])([2H])Oc1cc2c(cc1OC)CCN1C2([2H])CC(O)C(CC(C)C)C1([2H])[2H].[2H]C12CC(O)C(C([2H])([2H])C(C)(C([2H])([2H])[2H])C([2H])([2H])[2H])C([2H])([2H])N1CCc1cc(OC)c(OC)cc12.[2H]C12CC(O)C(CC(C)C)C([2H])([2H])N1CCc1cc(OC)c(OC)cc12. The first-order valence-corrected chi connectivity index (χ1v) is 46.9. The fraction of sp³-hybridized carbons (Fsp3) is 0.690. The summed E-state index contributed by atoms with van der Waals surface area (Å²) >= 11 is 0. The lowest BCUT2D eigenvalue weighted by molar-refractivity contribution is -0.0259. The Balaban J connectivity index is 0.000000196. The standard InChI is InChI=1S/2C20H31NO3.4C19H29NO3/c2*1-20(2,3)11-14-12-21-7-6-13-8-18(23-4)19(24-5)9-15(13)16(21)10-17(14)22;4*1-12(2)7-14-11-20-6-5-13-8-18(22-3)19(23-4)9-15(13)16(20)10-17(14)21/h2*8-9,14,16-17,22H,6-7,10-12H2,1-5H3;4*8-9,12,14,16-17,21H,5-7,10-11H2,1-4H3/i1D3,2D3,4D3,5D3,6D2,7D2,10D2,11D2,14D,17D;1D3,2D3,11D2,12D2,16D;3D3,4D3,5D2,6D2,10D2,14D,17D;4D3,11D2,16D;3D3,11D2,16D;11D2,16D. The second-order valence-electron chi connectivity index (χ2n) is 38.3. The Morgan fingerprint density at radius 2 is 0.579 bits per heavy atom. The average molecular weight is 2010 g/mol. The van der Waals surface area contributed by atoms with Gasteiger partial charge in [-0.3, -0.25) is 29.4 Å². The highest BCUT2D eigenvalue weighted by atomic mass is 16.5. The van der Waals surface area contributed by atoms with Gasteiger partial charge in [-0.15, -0.1) is 0 Å². The van der Waals surface area contributed by atoms with Crippen LogP contribution in [0.4, 0.5) is 0 Å². The topological polar surface area (TPSA) is 252 Å². The first-order chi connectivity index (χ1) is 90.6. The third kappa shape index (κ3) is 26.3. The molecule has 6 fully saturated rings. The van der Waals surface area contributed by atoms with Crippen LogP contribution in [0.15, 0.2) is 72.8 Å². The summed E-state index contributed by atoms with van der Waals surface area (Å²) < 4.78 is 571. The van der Waals surface area contributed by atoms with Crippen LogP contribution in [0.2, 0.25) is 0 Å². The van der Waals surface area contributed by atoms with Crippen molar-refractivity contribution < 1.29 is 172 Å². The third-order valence-electron chi connectivity index (χ3n) is 25.9. The fourth-order valence-corrected chi connectivity index (χ4v) is 19.4. The molecule has 0 radical (unpaired) electrons. The number of methoxy groups -OCH3 is 12. The average Bonchev–Trinajstić information content (AvgIpc) is 0.653. The van der Waals surface area contributed by atoms with Crippen LogP contribution in [-0.2, 0) is 38.4 Å². The molecule has 6 saturated heterocycles. The van der Waals surface area contributed by atoms with E-state index in [1.807, 2.05) is 47.6 Å². The zero-order valence-electron chi connectivity index (χ0n) is 144. The van der Waals surface area contributed by atoms with E-state index in [1.54, 1.807) is 63.3 Å². The van der Waals surface area contributed by atoms with Crippen molar-refractivity contribution in [3.05, 3.63) is 140 Å². The maximum atomic E-state index is 11.5. The lowest BCUT2D eigenvalue weighted by atomic mass is 9.75. The third-order valence-corrected chi connectivity index (χ3v) is 25.9. The summed E-state index contributed by atoms with van der Waals surface area (Å²) in [5.74, 6) is -10.5. The second kappa shape index (κ2) is 48.6. The van der Waals surface area contributed by atoms with Crippen LogP contribution in [0.3, 0.4) is 0 Å². The number of fused-ring (bicyclic) bond motifs is 18. The maximum Gasteiger partial charge on any atom is 0.161 e. The highest BCUT2D eigenvalue weighted by Crippen LogP contribution is 2.53. The summed E-state index contributed by atoms with van der Waals surface area (Å²) in [6, 6.07) is 5.37. The van der Waals surface area contributed by atoms with Crippen molar-refractivity contribution in [1.82, 2.24) is 29.4 Å². The highest BCUT2D eigenvalue weighted by molar-refractivity contribution is 5.55. The summed E-state index contributed by atoms with van der Waals surface area (Å²) in [6.45, 7) is -13.9. The number of nitrogens with zero attached hydrogens (tertiary/aromatic N) is 6. The van der Waals surface area contributed by atoms with Gasteiger partial charge in [0.25, 0.3) is 0 Å². The van der Waals surface area contributed by atoms with Crippen molar-refractivity contribution in [1.29, 1.82) is 0 Å². The molecular formula is C116H178N6O18. The summed E-state index contributed by atoms with van der Waals surface area (Å²) in [6.07, 6.45) is -29.4. The molecule has 12 aliphatic heterocycles. The monoisotopic (exact) mass is 2010 g/mol. The number of aliphatic hydroxyl groups excluding tert-OH is 4. The summed E-state index contributed by atoms with van der Waals surface area (Å²) in [5, 5.41) is 66.2. The van der Waals surface area contributed by atoms with Crippen LogP contribution in [0.25, 0.3) is 0 Å². The Morgan fingerprint density at radius 1 is 0.329 bits per heavy atom. The molecule has 0 spiro atoms. The van der Waals surface area contributed by atoms with Crippen LogP contribution in [0.1, 0.15) is 361 Å². The summed E-state index contributed by atoms with van der Waals surface area (Å²) in [5.41, 5.74) is -4.01. The van der Waals surface area contributed by atoms with Gasteiger partial charge in [0.2, 0.25) is 0 Å². The van der Waals surface area contributed by atoms with Crippen molar-refractivity contribution in [3.63, 3.8) is 0 Å². The summed E-state index contributed by atoms with van der Waals surface area (Å²) in [7, 11) is -9.38. The molecule has 780 valence electrons. The molecule has 6 N–H and O–H groups in total. The minimum absolute atomic E-state index is 0.0147. The minimum atomic E-state index is -4.14. The zero-order valence-corrected chi connectivity index (χ0v) is 82.0. The molecule has 18 rings (SSSR count). The van der Waals surface area contributed by atoms with Gasteiger partial charge in [0.1, 0.15) is 0 Å². The lowest BCUT2D eigenvalue weighted by Gasteiger charge is -2.47. The fourth-order valence-electron chi connectivity index (χ4n) is 19.4. The molecule has 12 heterocycles. The van der Waals surface area contributed by atoms with Crippen LogP contribution in [0.5, 0.6) is 69.0 Å². The molecule has 24 nitrogen and oxygen atoms in total. The Labute approximate surface area is 927 Å². The van der Waals surface area contributed by atoms with Gasteiger partial charge < -0.3 is 87.5 Å². The molecule has 12 aliphatic rings. The van der Waals surface area contributed by atoms with Gasteiger partial charge in [0, 0.05) is 166 Å². The van der Waals surface area contributed by atoms with E-state index < -0.39 is 325 Å². The number of aryl methyl sites for hydroxylation is 2. The van der Waals surface area contributed by atoms with Gasteiger partial charge in [0.05, 0.1) is 154 Å². The van der Waals surface area contributed by atoms with Gasteiger partial charge in [-0.25, -0.2) is 0 Å². The second-order valence-corrected chi connectivity index (χ2v) is 38.3. The molecule has 6 aromatic carbocycles. The van der Waals surface area contributed by atoms with Gasteiger partial charge in [-0.1, -0.05) is 96.6 Å². The molecule has 18 atom stereocenters. The van der Waals surface area contributed by atoms with Crippen molar-refractivity contribution in [2.75, 3.05) is 163 Å². The van der Waals surface area contributed by atoms with Gasteiger partial charge in [-0.2, -0.15) is 0 Å². The van der Waals surface area contributed by atoms with E-state index in [0.717, 1.165) is 40.0 Å². The van der Waals surface area contributed by atoms with Crippen molar-refractivity contribution in [2.45, 2.75) is 285 Å². The van der Waals surface area contributed by atoms with E-state index >= 15 is 0 Å². The van der Waals surface area contributed by atoms with Gasteiger partial charge in [-0.05, 0) is 325 Å². The molecule has 0 amide bonds. The quantitative estimate of drug-likeness (QED) is 0.0369. The van der Waals surface area contributed by atoms with Crippen LogP contribution in [-0.4, -0.2) is 260 Å². The highest BCUT2D eigenvalue weighted by Gasteiger charge is 2.47. The predicted octanol–water partition coefficient (Wildman–Crippen LogP) is 19.0. The number of rotatable bonds is 22. The number of piperidine rings is 6. The molecule has 6 aromatic rings. The number of aliphatic hydroxyl groups is 6. The Hall–Kier alpha value is -7.56. The van der Waals surface area contributed by atoms with E-state index in [-0.39, 0.29) is 95.8 Å². The normalized spacial score (nSPS) is 42.9. The van der Waals surface area contributed by atoms with Gasteiger partial charge in [0.15, 0.2) is 69.0 Å². The molecule has 18 unspecified atom stereocenters. The summed E-state index contributed by atoms with van der Waals surface area (Å²) in [4.78, 5) is 6.68.